The molecule has 101 valence electrons. The van der Waals surface area contributed by atoms with Crippen LogP contribution in [0.1, 0.15) is 0 Å². The SMILES string of the molecule is O=S(=O)(O)c1c[c]c2c(O)ccc(S(=O)(=O)O)c2c1. The molecule has 3 N–H and O–H groups in total. The minimum atomic E-state index is -4.62. The molecule has 0 fully saturated rings. The van der Waals surface area contributed by atoms with E-state index < -0.39 is 30.0 Å². The van der Waals surface area contributed by atoms with Crippen LogP contribution in [-0.4, -0.2) is 31.0 Å². The summed E-state index contributed by atoms with van der Waals surface area (Å²) < 4.78 is 62.2. The fraction of sp³-hybridized carbons (Fsp3) is 0. The van der Waals surface area contributed by atoms with Gasteiger partial charge in [0.25, 0.3) is 20.2 Å². The molecule has 0 saturated heterocycles. The van der Waals surface area contributed by atoms with Crippen LogP contribution in [0, 0.1) is 6.07 Å². The summed E-state index contributed by atoms with van der Waals surface area (Å²) in [6, 6.07) is 5.98. The van der Waals surface area contributed by atoms with E-state index in [2.05, 4.69) is 6.07 Å². The lowest BCUT2D eigenvalue weighted by Crippen LogP contribution is -2.02. The van der Waals surface area contributed by atoms with E-state index in [0.717, 1.165) is 24.3 Å². The Kier molecular flexibility index (Phi) is 3.01. The number of fused-ring (bicyclic) bond motifs is 1. The van der Waals surface area contributed by atoms with Crippen molar-refractivity contribution < 1.29 is 31.0 Å². The van der Waals surface area contributed by atoms with Crippen molar-refractivity contribution in [3.05, 3.63) is 30.3 Å². The normalized spacial score (nSPS) is 12.7. The van der Waals surface area contributed by atoms with Gasteiger partial charge in [-0.25, -0.2) is 0 Å². The van der Waals surface area contributed by atoms with Gasteiger partial charge >= 0.3 is 0 Å². The summed E-state index contributed by atoms with van der Waals surface area (Å²) in [4.78, 5) is -1.20. The Morgan fingerprint density at radius 3 is 2.16 bits per heavy atom. The zero-order valence-electron chi connectivity index (χ0n) is 9.10. The first-order valence-electron chi connectivity index (χ1n) is 4.73. The first kappa shape index (κ1) is 13.7. The van der Waals surface area contributed by atoms with E-state index in [0.29, 0.717) is 0 Å². The summed E-state index contributed by atoms with van der Waals surface area (Å²) in [7, 11) is -9.17. The van der Waals surface area contributed by atoms with Gasteiger partial charge < -0.3 is 5.11 Å². The van der Waals surface area contributed by atoms with Gasteiger partial charge in [0.1, 0.15) is 10.6 Å². The lowest BCUT2D eigenvalue weighted by Gasteiger charge is -2.06. The number of phenolic OH excluding ortho intramolecular Hbond substituents is 1. The van der Waals surface area contributed by atoms with Crippen LogP contribution in [0.3, 0.4) is 0 Å². The van der Waals surface area contributed by atoms with Crippen molar-refractivity contribution in [2.24, 2.45) is 0 Å². The van der Waals surface area contributed by atoms with Gasteiger partial charge in [-0.1, -0.05) is 0 Å². The molecule has 0 amide bonds. The quantitative estimate of drug-likeness (QED) is 0.701. The Bertz CT molecular complexity index is 866. The number of hydrogen-bond acceptors (Lipinski definition) is 5. The Balaban J connectivity index is 2.98. The third-order valence-electron chi connectivity index (χ3n) is 2.40. The lowest BCUT2D eigenvalue weighted by atomic mass is 10.1. The maximum atomic E-state index is 11.2. The summed E-state index contributed by atoms with van der Waals surface area (Å²) in [5.74, 6) is -0.343. The number of benzene rings is 2. The van der Waals surface area contributed by atoms with Crippen LogP contribution in [-0.2, 0) is 20.2 Å². The van der Waals surface area contributed by atoms with Crippen LogP contribution in [0.5, 0.6) is 5.75 Å². The second kappa shape index (κ2) is 4.17. The second-order valence-corrected chi connectivity index (χ2v) is 6.47. The van der Waals surface area contributed by atoms with Crippen LogP contribution in [0.4, 0.5) is 0 Å². The van der Waals surface area contributed by atoms with E-state index in [4.69, 9.17) is 9.11 Å². The highest BCUT2D eigenvalue weighted by atomic mass is 32.2. The molecule has 0 bridgehead atoms. The number of hydrogen-bond donors (Lipinski definition) is 3. The third-order valence-corrected chi connectivity index (χ3v) is 4.15. The highest BCUT2D eigenvalue weighted by molar-refractivity contribution is 7.86. The van der Waals surface area contributed by atoms with E-state index in [9.17, 15) is 21.9 Å². The van der Waals surface area contributed by atoms with E-state index in [1.54, 1.807) is 0 Å². The molecule has 0 aliphatic carbocycles. The highest BCUT2D eigenvalue weighted by Crippen LogP contribution is 2.31. The number of phenols is 1. The molecule has 0 unspecified atom stereocenters. The largest absolute Gasteiger partial charge is 0.507 e. The molecule has 19 heavy (non-hydrogen) atoms. The van der Waals surface area contributed by atoms with Crippen molar-refractivity contribution in [1.29, 1.82) is 0 Å². The van der Waals surface area contributed by atoms with Gasteiger partial charge in [0.15, 0.2) is 0 Å². The van der Waals surface area contributed by atoms with E-state index in [-0.39, 0.29) is 16.5 Å². The monoisotopic (exact) mass is 303 g/mol. The van der Waals surface area contributed by atoms with Gasteiger partial charge in [-0.05, 0) is 30.3 Å². The molecule has 7 nitrogen and oxygen atoms in total. The standard InChI is InChI=1S/C10H7O7S2/c11-9-3-4-10(19(15,16)17)8-5-6(18(12,13)14)1-2-7(8)9/h1,3-5,11H,(H,12,13,14)(H,15,16,17). The average Bonchev–Trinajstić information content (AvgIpc) is 2.26. The van der Waals surface area contributed by atoms with Gasteiger partial charge in [-0.2, -0.15) is 16.8 Å². The zero-order valence-corrected chi connectivity index (χ0v) is 10.7. The summed E-state index contributed by atoms with van der Waals surface area (Å²) in [5.41, 5.74) is 0. The van der Waals surface area contributed by atoms with Crippen LogP contribution in [0.15, 0.2) is 34.1 Å². The molecule has 0 aliphatic rings. The van der Waals surface area contributed by atoms with Gasteiger partial charge in [-0.15, -0.1) is 0 Å². The van der Waals surface area contributed by atoms with Gasteiger partial charge in [0.2, 0.25) is 0 Å². The van der Waals surface area contributed by atoms with Crippen molar-refractivity contribution in [2.75, 3.05) is 0 Å². The summed E-state index contributed by atoms with van der Waals surface area (Å²) in [6.45, 7) is 0. The van der Waals surface area contributed by atoms with Crippen LogP contribution >= 0.6 is 0 Å². The van der Waals surface area contributed by atoms with Crippen LogP contribution in [0.25, 0.3) is 10.8 Å². The molecule has 0 spiro atoms. The summed E-state index contributed by atoms with van der Waals surface area (Å²) in [5, 5.41) is 9.17. The van der Waals surface area contributed by atoms with E-state index in [1.165, 1.54) is 0 Å². The van der Waals surface area contributed by atoms with E-state index in [1.807, 2.05) is 0 Å². The van der Waals surface area contributed by atoms with Crippen LogP contribution < -0.4 is 0 Å². The Morgan fingerprint density at radius 1 is 1.00 bits per heavy atom. The lowest BCUT2D eigenvalue weighted by molar-refractivity contribution is 0.476. The molecular formula is C10H7O7S2. The summed E-state index contributed by atoms with van der Waals surface area (Å²) in [6.07, 6.45) is 0. The van der Waals surface area contributed by atoms with E-state index >= 15 is 0 Å². The van der Waals surface area contributed by atoms with Gasteiger partial charge in [0, 0.05) is 10.8 Å². The first-order valence-corrected chi connectivity index (χ1v) is 7.61. The highest BCUT2D eigenvalue weighted by Gasteiger charge is 2.19. The Hall–Kier alpha value is -1.68. The van der Waals surface area contributed by atoms with Crippen molar-refractivity contribution in [3.8, 4) is 5.75 Å². The maximum absolute atomic E-state index is 11.2. The van der Waals surface area contributed by atoms with Gasteiger partial charge in [-0.3, -0.25) is 9.11 Å². The molecule has 0 aromatic heterocycles. The molecule has 1 radical (unpaired) electrons. The predicted octanol–water partition coefficient (Wildman–Crippen LogP) is 0.839. The molecule has 2 rings (SSSR count). The molecule has 0 atom stereocenters. The van der Waals surface area contributed by atoms with Crippen molar-refractivity contribution in [1.82, 2.24) is 0 Å². The fourth-order valence-electron chi connectivity index (χ4n) is 1.58. The Labute approximate surface area is 108 Å². The minimum Gasteiger partial charge on any atom is -0.507 e. The number of rotatable bonds is 2. The topological polar surface area (TPSA) is 129 Å². The van der Waals surface area contributed by atoms with Crippen LogP contribution in [0.2, 0.25) is 0 Å². The molecule has 0 heterocycles. The molecular weight excluding hydrogens is 296 g/mol. The fourth-order valence-corrected chi connectivity index (χ4v) is 2.74. The van der Waals surface area contributed by atoms with Crippen molar-refractivity contribution in [2.45, 2.75) is 9.79 Å². The maximum Gasteiger partial charge on any atom is 0.295 e. The minimum absolute atomic E-state index is 0.0949. The molecule has 0 aliphatic heterocycles. The molecule has 0 saturated carbocycles. The third kappa shape index (κ3) is 2.54. The predicted molar refractivity (Wildman–Crippen MR) is 64.1 cm³/mol. The second-order valence-electron chi connectivity index (χ2n) is 3.66. The zero-order chi connectivity index (χ0) is 14.4. The Morgan fingerprint density at radius 2 is 1.63 bits per heavy atom. The molecule has 2 aromatic rings. The van der Waals surface area contributed by atoms with Crippen molar-refractivity contribution >= 4 is 31.0 Å². The number of aromatic hydroxyl groups is 1. The summed E-state index contributed by atoms with van der Waals surface area (Å²) >= 11 is 0. The van der Waals surface area contributed by atoms with Gasteiger partial charge in [0.05, 0.1) is 4.90 Å². The molecule has 2 aromatic carbocycles. The molecule has 9 heteroatoms. The first-order chi connectivity index (χ1) is 8.60. The smallest absolute Gasteiger partial charge is 0.295 e. The average molecular weight is 303 g/mol. The van der Waals surface area contributed by atoms with Crippen molar-refractivity contribution in [3.63, 3.8) is 0 Å².